The highest BCUT2D eigenvalue weighted by Crippen LogP contribution is 2.46. The smallest absolute Gasteiger partial charge is 0.136 e. The van der Waals surface area contributed by atoms with E-state index in [0.717, 1.165) is 0 Å². The van der Waals surface area contributed by atoms with Gasteiger partial charge in [-0.05, 0) is 83.8 Å². The zero-order chi connectivity index (χ0) is 44.9. The average Bonchev–Trinajstić information content (AvgIpc) is 3.65. The maximum atomic E-state index is 9.33. The van der Waals surface area contributed by atoms with Gasteiger partial charge in [0.15, 0.2) is 0 Å². The molecule has 1 aromatic heterocycles. The normalized spacial score (nSPS) is 17.9. The fourth-order valence-electron chi connectivity index (χ4n) is 5.76. The van der Waals surface area contributed by atoms with Crippen LogP contribution >= 0.6 is 0 Å². The van der Waals surface area contributed by atoms with E-state index >= 15 is 0 Å². The Balaban J connectivity index is 1.48. The van der Waals surface area contributed by atoms with Gasteiger partial charge in [-0.25, -0.2) is 0 Å². The van der Waals surface area contributed by atoms with E-state index < -0.39 is 114 Å². The van der Waals surface area contributed by atoms with E-state index in [-0.39, 0.29) is 72.3 Å². The van der Waals surface area contributed by atoms with Crippen molar-refractivity contribution in [1.82, 2.24) is 0 Å². The van der Waals surface area contributed by atoms with Gasteiger partial charge in [-0.1, -0.05) is 139 Å². The molecule has 9 aromatic rings. The first-order valence-corrected chi connectivity index (χ1v) is 13.2. The maximum Gasteiger partial charge on any atom is 0.136 e. The third kappa shape index (κ3) is 3.65. The summed E-state index contributed by atoms with van der Waals surface area (Å²) in [6, 6.07) is -0.789. The molecule has 1 heteroatoms. The quantitative estimate of drug-likeness (QED) is 0.194. The average molecular weight is 566 g/mol. The van der Waals surface area contributed by atoms with E-state index in [1.807, 2.05) is 0 Å². The minimum absolute atomic E-state index is 0.0136. The summed E-state index contributed by atoms with van der Waals surface area (Å²) in [4.78, 5) is 0. The molecule has 0 amide bonds. The minimum atomic E-state index is -0.777. The predicted molar refractivity (Wildman–Crippen MR) is 183 cm³/mol. The number of fused-ring (bicyclic) bond motifs is 6. The number of hydrogen-bond donors (Lipinski definition) is 0. The molecule has 0 radical (unpaired) electrons. The number of hydrogen-bond acceptors (Lipinski definition) is 1. The molecule has 0 saturated carbocycles. The van der Waals surface area contributed by atoms with Crippen LogP contribution in [0.3, 0.4) is 0 Å². The van der Waals surface area contributed by atoms with E-state index in [2.05, 4.69) is 0 Å². The Morgan fingerprint density at radius 2 is 0.930 bits per heavy atom. The van der Waals surface area contributed by atoms with Gasteiger partial charge in [0.25, 0.3) is 0 Å². The summed E-state index contributed by atoms with van der Waals surface area (Å²) in [5.74, 6) is 0. The topological polar surface area (TPSA) is 13.1 Å². The molecule has 0 saturated heterocycles. The van der Waals surface area contributed by atoms with Crippen LogP contribution in [0.5, 0.6) is 0 Å². The Labute approximate surface area is 275 Å². The molecular weight excluding hydrogens is 520 g/mol. The Kier molecular flexibility index (Phi) is 2.61. The summed E-state index contributed by atoms with van der Waals surface area (Å²) in [5.41, 5.74) is -0.773. The van der Waals surface area contributed by atoms with Crippen LogP contribution in [0.1, 0.15) is 26.0 Å². The highest BCUT2D eigenvalue weighted by molar-refractivity contribution is 6.24. The van der Waals surface area contributed by atoms with Crippen molar-refractivity contribution < 1.29 is 30.5 Å². The lowest BCUT2D eigenvalue weighted by atomic mass is 9.84. The van der Waals surface area contributed by atoms with Crippen molar-refractivity contribution in [3.05, 3.63) is 157 Å². The van der Waals surface area contributed by atoms with E-state index in [1.54, 1.807) is 24.3 Å². The molecule has 0 bridgehead atoms. The first-order valence-electron chi connectivity index (χ1n) is 22.7. The van der Waals surface area contributed by atoms with Crippen LogP contribution in [0.15, 0.2) is 162 Å². The maximum absolute atomic E-state index is 9.33. The van der Waals surface area contributed by atoms with Crippen LogP contribution in [-0.4, -0.2) is 0 Å². The standard InChI is InChI=1S/C42H26O/c1-2-12-27(13-3-1)41-34-17-6-8-19-36(34)42(37-20-9-7-18-35(37)41)38-25-24-29(30-14-4-5-15-31(30)38)28-22-23-33-32-16-10-11-21-39(32)43-40(33)26-28/h1-26H/i1D,2D,3D,6D,7D,8D,9D,10D,11D,12D,13D,16D,17D,18D,19D,20D,21D,22D,26D. The second kappa shape index (κ2) is 9.44. The minimum Gasteiger partial charge on any atom is -0.456 e. The second-order valence-electron chi connectivity index (χ2n) is 9.79. The number of furan rings is 1. The fourth-order valence-corrected chi connectivity index (χ4v) is 5.76. The summed E-state index contributed by atoms with van der Waals surface area (Å²) < 4.78 is 173. The van der Waals surface area contributed by atoms with E-state index in [4.69, 9.17) is 23.6 Å². The summed E-state index contributed by atoms with van der Waals surface area (Å²) in [5, 5.41) is -0.385. The molecule has 0 aliphatic rings. The van der Waals surface area contributed by atoms with Crippen molar-refractivity contribution >= 4 is 54.3 Å². The first-order chi connectivity index (χ1) is 29.2. The number of benzene rings is 8. The third-order valence-electron chi connectivity index (χ3n) is 7.56. The molecule has 200 valence electrons. The van der Waals surface area contributed by atoms with Crippen molar-refractivity contribution in [1.29, 1.82) is 0 Å². The molecule has 0 unspecified atom stereocenters. The van der Waals surface area contributed by atoms with Crippen molar-refractivity contribution in [3.8, 4) is 33.4 Å². The number of rotatable bonds is 3. The monoisotopic (exact) mass is 565 g/mol. The molecular formula is C42H26O. The molecule has 0 fully saturated rings. The summed E-state index contributed by atoms with van der Waals surface area (Å²) in [6.45, 7) is 0. The molecule has 1 nitrogen and oxygen atoms in total. The Hall–Kier alpha value is -5.66. The van der Waals surface area contributed by atoms with Crippen molar-refractivity contribution in [2.24, 2.45) is 0 Å². The molecule has 1 heterocycles. The van der Waals surface area contributed by atoms with Crippen LogP contribution in [0, 0.1) is 0 Å². The summed E-state index contributed by atoms with van der Waals surface area (Å²) in [7, 11) is 0. The van der Waals surface area contributed by atoms with Crippen LogP contribution in [0.25, 0.3) is 87.6 Å². The lowest BCUT2D eigenvalue weighted by molar-refractivity contribution is 0.669. The molecule has 0 atom stereocenters. The Morgan fingerprint density at radius 3 is 1.63 bits per heavy atom. The van der Waals surface area contributed by atoms with Gasteiger partial charge in [0, 0.05) is 10.8 Å². The molecule has 0 aliphatic carbocycles. The SMILES string of the molecule is [2H]c1cc2c(oc3c([2H])c([2H])c([2H])c([2H])c32)c([2H])c1-c1ccc(-c2c3c([2H])c([2H])c([2H])c([2H])c3c(-c3c([2H])c([2H])c([2H])c([2H])c3[2H])c3c([2H])c([2H])c([2H])c([2H])c23)c2ccccc12. The molecule has 0 spiro atoms. The van der Waals surface area contributed by atoms with Crippen molar-refractivity contribution in [2.45, 2.75) is 0 Å². The van der Waals surface area contributed by atoms with E-state index in [0.29, 0.717) is 16.3 Å². The van der Waals surface area contributed by atoms with Crippen LogP contribution in [-0.2, 0) is 0 Å². The number of para-hydroxylation sites is 1. The fraction of sp³-hybridized carbons (Fsp3) is 0. The molecule has 8 aromatic carbocycles. The Morgan fingerprint density at radius 1 is 0.372 bits per heavy atom. The van der Waals surface area contributed by atoms with Gasteiger partial charge < -0.3 is 4.42 Å². The third-order valence-corrected chi connectivity index (χ3v) is 7.56. The summed E-state index contributed by atoms with van der Waals surface area (Å²) >= 11 is 0. The molecule has 0 N–H and O–H groups in total. The van der Waals surface area contributed by atoms with Gasteiger partial charge in [-0.2, -0.15) is 0 Å². The van der Waals surface area contributed by atoms with Crippen molar-refractivity contribution in [3.63, 3.8) is 0 Å². The van der Waals surface area contributed by atoms with Crippen LogP contribution in [0.4, 0.5) is 0 Å². The molecule has 43 heavy (non-hydrogen) atoms. The van der Waals surface area contributed by atoms with Gasteiger partial charge in [0.1, 0.15) is 11.2 Å². The van der Waals surface area contributed by atoms with Gasteiger partial charge in [0.05, 0.1) is 26.0 Å². The zero-order valence-electron chi connectivity index (χ0n) is 40.9. The molecule has 9 rings (SSSR count). The van der Waals surface area contributed by atoms with Gasteiger partial charge >= 0.3 is 0 Å². The second-order valence-corrected chi connectivity index (χ2v) is 9.79. The van der Waals surface area contributed by atoms with Gasteiger partial charge in [0.2, 0.25) is 0 Å². The lowest BCUT2D eigenvalue weighted by Gasteiger charge is -2.19. The first kappa shape index (κ1) is 11.9. The van der Waals surface area contributed by atoms with Crippen LogP contribution < -0.4 is 0 Å². The highest BCUT2D eigenvalue weighted by atomic mass is 16.3. The van der Waals surface area contributed by atoms with Gasteiger partial charge in [-0.15, -0.1) is 0 Å². The van der Waals surface area contributed by atoms with E-state index in [1.165, 1.54) is 18.2 Å². The van der Waals surface area contributed by atoms with E-state index in [9.17, 15) is 6.85 Å². The highest BCUT2D eigenvalue weighted by Gasteiger charge is 2.19. The zero-order valence-corrected chi connectivity index (χ0v) is 21.9. The van der Waals surface area contributed by atoms with Crippen molar-refractivity contribution in [2.75, 3.05) is 0 Å². The van der Waals surface area contributed by atoms with Gasteiger partial charge in [-0.3, -0.25) is 0 Å². The van der Waals surface area contributed by atoms with Crippen LogP contribution in [0.2, 0.25) is 0 Å². The Bertz CT molecular complexity index is 3460. The molecule has 0 aliphatic heterocycles. The predicted octanol–water partition coefficient (Wildman–Crippen LogP) is 12.0. The summed E-state index contributed by atoms with van der Waals surface area (Å²) in [6.07, 6.45) is 0. The lowest BCUT2D eigenvalue weighted by Crippen LogP contribution is -1.92. The largest absolute Gasteiger partial charge is 0.456 e.